The Morgan fingerprint density at radius 1 is 0.296 bits per heavy atom. The Labute approximate surface area is 432 Å². The van der Waals surface area contributed by atoms with E-state index < -0.39 is 5.97 Å². The van der Waals surface area contributed by atoms with Crippen molar-refractivity contribution in [3.05, 3.63) is 153 Å². The lowest BCUT2D eigenvalue weighted by atomic mass is 9.67. The highest BCUT2D eigenvalue weighted by molar-refractivity contribution is 6.18. The van der Waals surface area contributed by atoms with Gasteiger partial charge in [0, 0.05) is 11.1 Å². The van der Waals surface area contributed by atoms with Crippen LogP contribution in [0.2, 0.25) is 0 Å². The van der Waals surface area contributed by atoms with Crippen molar-refractivity contribution in [1.82, 2.24) is 0 Å². The van der Waals surface area contributed by atoms with Crippen molar-refractivity contribution in [1.29, 1.82) is 0 Å². The van der Waals surface area contributed by atoms with Gasteiger partial charge in [0.2, 0.25) is 0 Å². The van der Waals surface area contributed by atoms with Crippen molar-refractivity contribution in [3.63, 3.8) is 0 Å². The van der Waals surface area contributed by atoms with Gasteiger partial charge in [0.1, 0.15) is 0 Å². The Morgan fingerprint density at radius 3 is 0.746 bits per heavy atom. The molecule has 0 saturated carbocycles. The summed E-state index contributed by atoms with van der Waals surface area (Å²) in [5.74, 6) is -0.941. The summed E-state index contributed by atoms with van der Waals surface area (Å²) in [6.45, 7) is 54.8. The maximum atomic E-state index is 15.5. The molecule has 71 heavy (non-hydrogen) atoms. The number of hydrogen-bond donors (Lipinski definition) is 1. The first kappa shape index (κ1) is 55.1. The van der Waals surface area contributed by atoms with Gasteiger partial charge in [0.25, 0.3) is 0 Å². The van der Waals surface area contributed by atoms with E-state index in [0.717, 1.165) is 66.8 Å². The SMILES string of the molecule is CC(C)(C)c1ccc(-c2c(C(=O)O)c(-c3ccc(C(C)(C)C)cc3C(C)(C)C)c(-c3ccc(C(C)(C)C)cc3C(C)(C)C)c(-c3ccccc3)c2-c2ccc(C(C)(C)C)cc2C(C)(C)C)c(C(C)(C)C)c1. The van der Waals surface area contributed by atoms with Crippen LogP contribution in [0.1, 0.15) is 221 Å². The van der Waals surface area contributed by atoms with Gasteiger partial charge in [-0.1, -0.05) is 269 Å². The molecular weight excluding hydrogens is 861 g/mol. The van der Waals surface area contributed by atoms with Crippen LogP contribution in [0.25, 0.3) is 55.6 Å². The molecule has 0 fully saturated rings. The highest BCUT2D eigenvalue weighted by Gasteiger charge is 2.39. The van der Waals surface area contributed by atoms with Crippen molar-refractivity contribution in [2.75, 3.05) is 0 Å². The molecule has 0 atom stereocenters. The quantitative estimate of drug-likeness (QED) is 0.181. The summed E-state index contributed by atoms with van der Waals surface area (Å²) in [5, 5.41) is 12.7. The molecule has 0 aliphatic carbocycles. The zero-order valence-electron chi connectivity index (χ0n) is 48.7. The summed E-state index contributed by atoms with van der Waals surface area (Å²) < 4.78 is 0. The Kier molecular flexibility index (Phi) is 14.3. The zero-order chi connectivity index (χ0) is 53.6. The molecule has 1 N–H and O–H groups in total. The average Bonchev–Trinajstić information content (AvgIpc) is 3.22. The predicted octanol–water partition coefficient (Wildman–Crippen LogP) is 20.1. The number of hydrogen-bond acceptors (Lipinski definition) is 1. The van der Waals surface area contributed by atoms with Crippen molar-refractivity contribution >= 4 is 5.97 Å². The molecule has 0 aliphatic rings. The fourth-order valence-corrected chi connectivity index (χ4v) is 10.3. The van der Waals surface area contributed by atoms with Gasteiger partial charge in [-0.25, -0.2) is 4.79 Å². The van der Waals surface area contributed by atoms with Gasteiger partial charge >= 0.3 is 5.97 Å². The van der Waals surface area contributed by atoms with Crippen LogP contribution in [-0.4, -0.2) is 11.1 Å². The molecule has 0 unspecified atom stereocenters. The number of rotatable bonds is 6. The molecular formula is C69H90O2. The maximum Gasteiger partial charge on any atom is 0.337 e. The van der Waals surface area contributed by atoms with E-state index in [1.54, 1.807) is 0 Å². The molecule has 0 heterocycles. The van der Waals surface area contributed by atoms with E-state index in [4.69, 9.17) is 0 Å². The van der Waals surface area contributed by atoms with E-state index in [1.165, 1.54) is 33.4 Å². The zero-order valence-corrected chi connectivity index (χ0v) is 48.7. The van der Waals surface area contributed by atoms with E-state index in [9.17, 15) is 5.11 Å². The summed E-state index contributed by atoms with van der Waals surface area (Å²) >= 11 is 0. The second-order valence-corrected chi connectivity index (χ2v) is 29.0. The molecule has 6 rings (SSSR count). The summed E-state index contributed by atoms with van der Waals surface area (Å²) in [7, 11) is 0. The van der Waals surface area contributed by atoms with Crippen LogP contribution in [0.4, 0.5) is 0 Å². The normalized spacial score (nSPS) is 13.5. The number of carbonyl (C=O) groups is 1. The van der Waals surface area contributed by atoms with Gasteiger partial charge in [0.15, 0.2) is 0 Å². The standard InChI is InChI=1S/C69H90O2/c1-62(2,3)43-30-34-47(51(38-43)66(13,14)15)56-55(42-28-26-25-27-29-42)57(48-35-31-44(63(4,5)6)39-52(48)67(16,17)18)59(50-37-33-46(65(10,11)12)41-54(50)69(22,23)24)60(61(70)71)58(56)49-36-32-45(64(7,8)9)40-53(49)68(19,20)21/h25-41H,1-24H3,(H,70,71). The minimum Gasteiger partial charge on any atom is -0.478 e. The molecule has 2 heteroatoms. The second kappa shape index (κ2) is 18.4. The smallest absolute Gasteiger partial charge is 0.337 e. The van der Waals surface area contributed by atoms with Crippen molar-refractivity contribution in [2.45, 2.75) is 209 Å². The van der Waals surface area contributed by atoms with Crippen LogP contribution in [0, 0.1) is 0 Å². The second-order valence-electron chi connectivity index (χ2n) is 29.0. The van der Waals surface area contributed by atoms with E-state index >= 15 is 4.79 Å². The molecule has 0 bridgehead atoms. The lowest BCUT2D eigenvalue weighted by Gasteiger charge is -2.36. The molecule has 0 saturated heterocycles. The number of carboxylic acids is 1. The van der Waals surface area contributed by atoms with Gasteiger partial charge in [-0.3, -0.25) is 0 Å². The van der Waals surface area contributed by atoms with Crippen molar-refractivity contribution < 1.29 is 9.90 Å². The Balaban J connectivity index is 2.19. The van der Waals surface area contributed by atoms with Crippen LogP contribution >= 0.6 is 0 Å². The molecule has 0 radical (unpaired) electrons. The third-order valence-corrected chi connectivity index (χ3v) is 14.6. The fraction of sp³-hybridized carbons (Fsp3) is 0.464. The molecule has 0 spiro atoms. The minimum atomic E-state index is -0.941. The summed E-state index contributed by atoms with van der Waals surface area (Å²) in [4.78, 5) is 15.5. The van der Waals surface area contributed by atoms with Gasteiger partial charge in [0.05, 0.1) is 5.56 Å². The first-order chi connectivity index (χ1) is 32.1. The van der Waals surface area contributed by atoms with Crippen LogP contribution in [-0.2, 0) is 43.3 Å². The largest absolute Gasteiger partial charge is 0.478 e. The third-order valence-electron chi connectivity index (χ3n) is 14.6. The molecule has 6 aromatic rings. The molecule has 0 amide bonds. The predicted molar refractivity (Wildman–Crippen MR) is 310 cm³/mol. The Bertz CT molecular complexity index is 2790. The molecule has 2 nitrogen and oxygen atoms in total. The molecule has 6 aromatic carbocycles. The topological polar surface area (TPSA) is 37.3 Å². The number of aromatic carboxylic acids is 1. The number of benzene rings is 6. The van der Waals surface area contributed by atoms with Crippen LogP contribution in [0.3, 0.4) is 0 Å². The molecule has 0 aromatic heterocycles. The van der Waals surface area contributed by atoms with Crippen LogP contribution in [0.15, 0.2) is 103 Å². The van der Waals surface area contributed by atoms with E-state index in [0.29, 0.717) is 5.56 Å². The molecule has 378 valence electrons. The first-order valence-electron chi connectivity index (χ1n) is 26.3. The number of carboxylic acid groups (broad SMARTS) is 1. The highest BCUT2D eigenvalue weighted by atomic mass is 16.4. The first-order valence-corrected chi connectivity index (χ1v) is 26.3. The molecule has 0 aliphatic heterocycles. The lowest BCUT2D eigenvalue weighted by molar-refractivity contribution is 0.0698. The lowest BCUT2D eigenvalue weighted by Crippen LogP contribution is -2.21. The minimum absolute atomic E-state index is 0.119. The van der Waals surface area contributed by atoms with E-state index in [2.05, 4.69) is 269 Å². The van der Waals surface area contributed by atoms with E-state index in [-0.39, 0.29) is 43.3 Å². The van der Waals surface area contributed by atoms with Gasteiger partial charge in [-0.05, 0) is 132 Å². The third kappa shape index (κ3) is 11.2. The van der Waals surface area contributed by atoms with E-state index in [1.807, 2.05) is 0 Å². The monoisotopic (exact) mass is 951 g/mol. The Hall–Kier alpha value is -5.21. The van der Waals surface area contributed by atoms with Gasteiger partial charge in [-0.15, -0.1) is 0 Å². The summed E-state index contributed by atoms with van der Waals surface area (Å²) in [5.41, 5.74) is 17.5. The summed E-state index contributed by atoms with van der Waals surface area (Å²) in [6, 6.07) is 38.7. The highest BCUT2D eigenvalue weighted by Crippen LogP contribution is 2.58. The van der Waals surface area contributed by atoms with Gasteiger partial charge in [-0.2, -0.15) is 0 Å². The van der Waals surface area contributed by atoms with Crippen LogP contribution < -0.4 is 0 Å². The average molecular weight is 951 g/mol. The van der Waals surface area contributed by atoms with Crippen molar-refractivity contribution in [3.8, 4) is 55.6 Å². The van der Waals surface area contributed by atoms with Crippen LogP contribution in [0.5, 0.6) is 0 Å². The van der Waals surface area contributed by atoms with Crippen molar-refractivity contribution in [2.24, 2.45) is 0 Å². The Morgan fingerprint density at radius 2 is 0.535 bits per heavy atom. The fourth-order valence-electron chi connectivity index (χ4n) is 10.3. The van der Waals surface area contributed by atoms with Gasteiger partial charge < -0.3 is 5.11 Å². The maximum absolute atomic E-state index is 15.5. The summed E-state index contributed by atoms with van der Waals surface area (Å²) in [6.07, 6.45) is 0.